The van der Waals surface area contributed by atoms with E-state index in [1.165, 1.54) is 0 Å². The molecule has 25 heavy (non-hydrogen) atoms. The van der Waals surface area contributed by atoms with Gasteiger partial charge in [0.25, 0.3) is 0 Å². The van der Waals surface area contributed by atoms with Crippen LogP contribution in [0, 0.1) is 0 Å². The number of aromatic nitrogens is 2. The number of carbonyl (C=O) groups excluding carboxylic acids is 1. The number of ether oxygens (including phenoxy) is 1. The molecule has 1 aromatic heterocycles. The molecule has 0 spiro atoms. The Morgan fingerprint density at radius 1 is 1.16 bits per heavy atom. The summed E-state index contributed by atoms with van der Waals surface area (Å²) >= 11 is 11.9. The van der Waals surface area contributed by atoms with Crippen LogP contribution in [-0.4, -0.2) is 54.1 Å². The molecular weight excluding hydrogens is 363 g/mol. The van der Waals surface area contributed by atoms with Gasteiger partial charge in [-0.3, -0.25) is 4.79 Å². The van der Waals surface area contributed by atoms with Crippen molar-refractivity contribution in [1.82, 2.24) is 14.9 Å². The predicted octanol–water partition coefficient (Wildman–Crippen LogP) is 2.68. The number of rotatable bonds is 4. The number of methoxy groups -OCH3 is 1. The molecule has 0 N–H and O–H groups in total. The van der Waals surface area contributed by atoms with Crippen molar-refractivity contribution in [2.45, 2.75) is 6.42 Å². The van der Waals surface area contributed by atoms with Gasteiger partial charge in [-0.25, -0.2) is 4.98 Å². The molecule has 1 aromatic carbocycles. The van der Waals surface area contributed by atoms with E-state index < -0.39 is 0 Å². The first-order chi connectivity index (χ1) is 12.1. The minimum atomic E-state index is 0.0737. The first-order valence-electron chi connectivity index (χ1n) is 7.90. The summed E-state index contributed by atoms with van der Waals surface area (Å²) < 4.78 is 5.13. The summed E-state index contributed by atoms with van der Waals surface area (Å²) in [6.45, 7) is 2.61. The summed E-state index contributed by atoms with van der Waals surface area (Å²) in [5.74, 6) is 1.23. The summed E-state index contributed by atoms with van der Waals surface area (Å²) in [4.78, 5) is 25.0. The van der Waals surface area contributed by atoms with E-state index in [9.17, 15) is 4.79 Å². The third-order valence-electron chi connectivity index (χ3n) is 4.08. The van der Waals surface area contributed by atoms with E-state index in [2.05, 4.69) is 9.97 Å². The second-order valence-electron chi connectivity index (χ2n) is 5.69. The molecule has 132 valence electrons. The van der Waals surface area contributed by atoms with Crippen LogP contribution >= 0.6 is 23.2 Å². The molecule has 0 aliphatic carbocycles. The van der Waals surface area contributed by atoms with E-state index in [1.807, 2.05) is 15.9 Å². The topological polar surface area (TPSA) is 58.6 Å². The molecular formula is C17H18Cl2N4O2. The van der Waals surface area contributed by atoms with Crippen LogP contribution in [0.2, 0.25) is 10.0 Å². The first-order valence-corrected chi connectivity index (χ1v) is 8.66. The van der Waals surface area contributed by atoms with Crippen molar-refractivity contribution < 1.29 is 9.53 Å². The number of halogens is 2. The van der Waals surface area contributed by atoms with E-state index in [0.29, 0.717) is 54.5 Å². The Hall–Kier alpha value is -2.05. The van der Waals surface area contributed by atoms with Crippen molar-refractivity contribution in [3.05, 3.63) is 46.1 Å². The third kappa shape index (κ3) is 4.32. The Bertz CT molecular complexity index is 764. The lowest BCUT2D eigenvalue weighted by Gasteiger charge is -2.34. The van der Waals surface area contributed by atoms with Crippen molar-refractivity contribution >= 4 is 35.1 Å². The maximum absolute atomic E-state index is 12.5. The fourth-order valence-corrected chi connectivity index (χ4v) is 3.01. The zero-order valence-electron chi connectivity index (χ0n) is 13.8. The second kappa shape index (κ2) is 7.89. The van der Waals surface area contributed by atoms with E-state index >= 15 is 0 Å². The van der Waals surface area contributed by atoms with Crippen molar-refractivity contribution in [1.29, 1.82) is 0 Å². The highest BCUT2D eigenvalue weighted by molar-refractivity contribution is 6.42. The summed E-state index contributed by atoms with van der Waals surface area (Å²) in [7, 11) is 1.58. The molecule has 6 nitrogen and oxygen atoms in total. The van der Waals surface area contributed by atoms with Gasteiger partial charge in [0, 0.05) is 38.4 Å². The Morgan fingerprint density at radius 2 is 1.92 bits per heavy atom. The fourth-order valence-electron chi connectivity index (χ4n) is 2.69. The molecule has 3 rings (SSSR count). The number of piperazine rings is 1. The lowest BCUT2D eigenvalue weighted by Crippen LogP contribution is -2.49. The van der Waals surface area contributed by atoms with Crippen LogP contribution in [0.1, 0.15) is 5.56 Å². The van der Waals surface area contributed by atoms with E-state index in [0.717, 1.165) is 5.56 Å². The minimum absolute atomic E-state index is 0.0737. The molecule has 0 unspecified atom stereocenters. The summed E-state index contributed by atoms with van der Waals surface area (Å²) in [5.41, 5.74) is 0.859. The Kier molecular flexibility index (Phi) is 5.60. The molecule has 8 heteroatoms. The van der Waals surface area contributed by atoms with Gasteiger partial charge in [0.1, 0.15) is 0 Å². The molecule has 0 radical (unpaired) electrons. The maximum Gasteiger partial charge on any atom is 0.228 e. The van der Waals surface area contributed by atoms with Crippen LogP contribution in [0.5, 0.6) is 5.88 Å². The van der Waals surface area contributed by atoms with Crippen LogP contribution in [0.4, 0.5) is 5.95 Å². The van der Waals surface area contributed by atoms with Gasteiger partial charge in [0.2, 0.25) is 17.7 Å². The average molecular weight is 381 g/mol. The number of carbonyl (C=O) groups is 1. The number of hydrogen-bond donors (Lipinski definition) is 0. The number of nitrogens with zero attached hydrogens (tertiary/aromatic N) is 4. The van der Waals surface area contributed by atoms with Crippen molar-refractivity contribution in [2.75, 3.05) is 38.2 Å². The zero-order chi connectivity index (χ0) is 17.8. The maximum atomic E-state index is 12.5. The van der Waals surface area contributed by atoms with Crippen LogP contribution in [0.3, 0.4) is 0 Å². The van der Waals surface area contributed by atoms with Gasteiger partial charge < -0.3 is 14.5 Å². The normalized spacial score (nSPS) is 14.5. The van der Waals surface area contributed by atoms with Gasteiger partial charge in [-0.1, -0.05) is 29.3 Å². The molecule has 1 amide bonds. The van der Waals surface area contributed by atoms with Crippen molar-refractivity contribution in [3.63, 3.8) is 0 Å². The van der Waals surface area contributed by atoms with Gasteiger partial charge in [-0.15, -0.1) is 0 Å². The molecule has 1 fully saturated rings. The first kappa shape index (κ1) is 17.8. The van der Waals surface area contributed by atoms with Gasteiger partial charge in [0.05, 0.1) is 23.6 Å². The summed E-state index contributed by atoms with van der Waals surface area (Å²) in [5, 5.41) is 0.955. The number of amides is 1. The van der Waals surface area contributed by atoms with E-state index in [1.54, 1.807) is 31.5 Å². The lowest BCUT2D eigenvalue weighted by atomic mass is 10.1. The highest BCUT2D eigenvalue weighted by atomic mass is 35.5. The lowest BCUT2D eigenvalue weighted by molar-refractivity contribution is -0.130. The molecule has 0 saturated carbocycles. The van der Waals surface area contributed by atoms with E-state index in [-0.39, 0.29) is 5.91 Å². The molecule has 0 bridgehead atoms. The number of hydrogen-bond acceptors (Lipinski definition) is 5. The molecule has 1 aliphatic rings. The van der Waals surface area contributed by atoms with Crippen LogP contribution in [-0.2, 0) is 11.2 Å². The SMILES string of the molecule is COc1ccnc(N2CCN(C(=O)Cc3ccc(Cl)c(Cl)c3)CC2)n1. The largest absolute Gasteiger partial charge is 0.481 e. The van der Waals surface area contributed by atoms with Crippen molar-refractivity contribution in [3.8, 4) is 5.88 Å². The number of benzene rings is 1. The fraction of sp³-hybridized carbons (Fsp3) is 0.353. The highest BCUT2D eigenvalue weighted by Crippen LogP contribution is 2.23. The molecule has 1 aliphatic heterocycles. The molecule has 1 saturated heterocycles. The van der Waals surface area contributed by atoms with Gasteiger partial charge in [0.15, 0.2) is 0 Å². The Morgan fingerprint density at radius 3 is 2.60 bits per heavy atom. The molecule has 2 aromatic rings. The zero-order valence-corrected chi connectivity index (χ0v) is 15.3. The smallest absolute Gasteiger partial charge is 0.228 e. The average Bonchev–Trinajstić information content (AvgIpc) is 2.65. The van der Waals surface area contributed by atoms with Gasteiger partial charge in [-0.2, -0.15) is 4.98 Å². The van der Waals surface area contributed by atoms with Crippen LogP contribution in [0.25, 0.3) is 0 Å². The Balaban J connectivity index is 1.57. The van der Waals surface area contributed by atoms with Gasteiger partial charge >= 0.3 is 0 Å². The standard InChI is InChI=1S/C17H18Cl2N4O2/c1-25-15-4-5-20-17(21-15)23-8-6-22(7-9-23)16(24)11-12-2-3-13(18)14(19)10-12/h2-5,10H,6-9,11H2,1H3. The molecule has 0 atom stereocenters. The monoisotopic (exact) mass is 380 g/mol. The third-order valence-corrected chi connectivity index (χ3v) is 4.82. The van der Waals surface area contributed by atoms with Crippen molar-refractivity contribution in [2.24, 2.45) is 0 Å². The predicted molar refractivity (Wildman–Crippen MR) is 97.5 cm³/mol. The van der Waals surface area contributed by atoms with E-state index in [4.69, 9.17) is 27.9 Å². The summed E-state index contributed by atoms with van der Waals surface area (Å²) in [6, 6.07) is 6.99. The summed E-state index contributed by atoms with van der Waals surface area (Å²) in [6.07, 6.45) is 1.98. The van der Waals surface area contributed by atoms with Crippen LogP contribution in [0.15, 0.2) is 30.5 Å². The quantitative estimate of drug-likeness (QED) is 0.815. The molecule has 2 heterocycles. The Labute approximate surface area is 156 Å². The number of anilines is 1. The highest BCUT2D eigenvalue weighted by Gasteiger charge is 2.23. The van der Waals surface area contributed by atoms with Gasteiger partial charge in [-0.05, 0) is 17.7 Å². The van der Waals surface area contributed by atoms with Crippen LogP contribution < -0.4 is 9.64 Å². The minimum Gasteiger partial charge on any atom is -0.481 e. The second-order valence-corrected chi connectivity index (χ2v) is 6.51.